The van der Waals surface area contributed by atoms with Crippen LogP contribution in [0.25, 0.3) is 0 Å². The molecular formula is C28H36N2O5. The van der Waals surface area contributed by atoms with Crippen LogP contribution in [-0.2, 0) is 4.79 Å². The van der Waals surface area contributed by atoms with E-state index in [1.165, 1.54) is 4.90 Å². The van der Waals surface area contributed by atoms with E-state index in [9.17, 15) is 9.59 Å². The van der Waals surface area contributed by atoms with Crippen LogP contribution in [0.4, 0.5) is 0 Å². The summed E-state index contributed by atoms with van der Waals surface area (Å²) in [5, 5.41) is 3.18. The molecule has 1 N–H and O–H groups in total. The zero-order valence-electron chi connectivity index (χ0n) is 21.4. The van der Waals surface area contributed by atoms with Crippen LogP contribution >= 0.6 is 0 Å². The number of amides is 2. The lowest BCUT2D eigenvalue weighted by Gasteiger charge is -2.32. The summed E-state index contributed by atoms with van der Waals surface area (Å²) in [6, 6.07) is 11.7. The van der Waals surface area contributed by atoms with Crippen LogP contribution in [0.5, 0.6) is 17.2 Å². The highest BCUT2D eigenvalue weighted by Crippen LogP contribution is 2.32. The minimum atomic E-state index is -0.674. The SMILES string of the molecule is COc1ccc([C@@H]2C/C=C/C[C@@H](C)Oc3ccccc3C(=O)N(C)[C@@H](C(C)C)C(=O)N2)c(OC)c1. The van der Waals surface area contributed by atoms with E-state index in [4.69, 9.17) is 14.2 Å². The van der Waals surface area contributed by atoms with Gasteiger partial charge in [0.15, 0.2) is 0 Å². The molecule has 2 amide bonds. The molecule has 0 spiro atoms. The van der Waals surface area contributed by atoms with Gasteiger partial charge in [-0.2, -0.15) is 0 Å². The number of para-hydroxylation sites is 1. The van der Waals surface area contributed by atoms with Crippen LogP contribution in [0, 0.1) is 5.92 Å². The molecule has 0 radical (unpaired) electrons. The largest absolute Gasteiger partial charge is 0.497 e. The molecule has 2 aromatic carbocycles. The van der Waals surface area contributed by atoms with Crippen molar-refractivity contribution in [1.29, 1.82) is 0 Å². The van der Waals surface area contributed by atoms with Gasteiger partial charge in [-0.3, -0.25) is 9.59 Å². The van der Waals surface area contributed by atoms with Crippen molar-refractivity contribution >= 4 is 11.8 Å². The lowest BCUT2D eigenvalue weighted by molar-refractivity contribution is -0.127. The fraction of sp³-hybridized carbons (Fsp3) is 0.429. The van der Waals surface area contributed by atoms with Crippen LogP contribution in [0.15, 0.2) is 54.6 Å². The quantitative estimate of drug-likeness (QED) is 0.638. The molecular weight excluding hydrogens is 444 g/mol. The number of fused-ring (bicyclic) bond motifs is 1. The second-order valence-corrected chi connectivity index (χ2v) is 9.14. The molecule has 0 unspecified atom stereocenters. The molecule has 0 saturated carbocycles. The third-order valence-electron chi connectivity index (χ3n) is 6.22. The summed E-state index contributed by atoms with van der Waals surface area (Å²) in [5.74, 6) is 1.22. The first-order chi connectivity index (χ1) is 16.8. The molecule has 0 aliphatic carbocycles. The summed E-state index contributed by atoms with van der Waals surface area (Å²) in [7, 11) is 4.86. The Balaban J connectivity index is 2.04. The Bertz CT molecular complexity index is 1070. The molecule has 188 valence electrons. The highest BCUT2D eigenvalue weighted by atomic mass is 16.5. The van der Waals surface area contributed by atoms with Crippen molar-refractivity contribution in [2.24, 2.45) is 5.92 Å². The standard InChI is InChI=1S/C28H36N2O5/c1-18(2)26-27(31)29-23(21-16-15-20(33-5)17-25(21)34-6)13-9-7-11-19(3)35-24-14-10-8-12-22(24)28(32)30(26)4/h7-10,12,14-19,23,26H,11,13H2,1-6H3,(H,29,31)/b9-7+/t19-,23+,26+/m1/s1. The van der Waals surface area contributed by atoms with E-state index >= 15 is 0 Å². The van der Waals surface area contributed by atoms with Gasteiger partial charge in [0.05, 0.1) is 31.9 Å². The zero-order chi connectivity index (χ0) is 25.5. The predicted molar refractivity (Wildman–Crippen MR) is 136 cm³/mol. The Labute approximate surface area is 208 Å². The van der Waals surface area contributed by atoms with Gasteiger partial charge in [0.2, 0.25) is 5.91 Å². The van der Waals surface area contributed by atoms with Crippen LogP contribution < -0.4 is 19.5 Å². The first-order valence-electron chi connectivity index (χ1n) is 12.0. The smallest absolute Gasteiger partial charge is 0.258 e. The summed E-state index contributed by atoms with van der Waals surface area (Å²) >= 11 is 0. The third kappa shape index (κ3) is 6.15. The molecule has 3 rings (SSSR count). The van der Waals surface area contributed by atoms with E-state index in [1.807, 2.05) is 51.1 Å². The summed E-state index contributed by atoms with van der Waals surface area (Å²) in [6.45, 7) is 5.85. The number of carbonyl (C=O) groups is 2. The number of ether oxygens (including phenoxy) is 3. The number of likely N-dealkylation sites (N-methyl/N-ethyl adjacent to an activating group) is 1. The number of nitrogens with zero attached hydrogens (tertiary/aromatic N) is 1. The van der Waals surface area contributed by atoms with Gasteiger partial charge in [0.1, 0.15) is 23.3 Å². The van der Waals surface area contributed by atoms with Gasteiger partial charge in [-0.25, -0.2) is 0 Å². The second-order valence-electron chi connectivity index (χ2n) is 9.14. The maximum atomic E-state index is 13.6. The summed E-state index contributed by atoms with van der Waals surface area (Å²) in [4.78, 5) is 28.7. The lowest BCUT2D eigenvalue weighted by Crippen LogP contribution is -2.51. The highest BCUT2D eigenvalue weighted by Gasteiger charge is 2.33. The third-order valence-corrected chi connectivity index (χ3v) is 6.22. The van der Waals surface area contributed by atoms with Crippen molar-refractivity contribution in [3.8, 4) is 17.2 Å². The average molecular weight is 481 g/mol. The topological polar surface area (TPSA) is 77.1 Å². The van der Waals surface area contributed by atoms with E-state index in [-0.39, 0.29) is 29.9 Å². The Morgan fingerprint density at radius 3 is 2.43 bits per heavy atom. The van der Waals surface area contributed by atoms with Crippen molar-refractivity contribution in [1.82, 2.24) is 10.2 Å². The first kappa shape index (κ1) is 26.1. The van der Waals surface area contributed by atoms with Crippen LogP contribution in [-0.4, -0.2) is 50.1 Å². The predicted octanol–water partition coefficient (Wildman–Crippen LogP) is 4.78. The minimum Gasteiger partial charge on any atom is -0.497 e. The molecule has 2 aromatic rings. The fourth-order valence-corrected chi connectivity index (χ4v) is 4.40. The molecule has 0 bridgehead atoms. The Kier molecular flexibility index (Phi) is 8.79. The normalized spacial score (nSPS) is 22.5. The molecule has 3 atom stereocenters. The van der Waals surface area contributed by atoms with Crippen LogP contribution in [0.2, 0.25) is 0 Å². The average Bonchev–Trinajstić information content (AvgIpc) is 2.84. The van der Waals surface area contributed by atoms with Crippen LogP contribution in [0.1, 0.15) is 55.6 Å². The number of hydrogen-bond donors (Lipinski definition) is 1. The Morgan fingerprint density at radius 2 is 1.74 bits per heavy atom. The van der Waals surface area contributed by atoms with E-state index in [1.54, 1.807) is 45.5 Å². The number of nitrogens with one attached hydrogen (secondary N) is 1. The first-order valence-corrected chi connectivity index (χ1v) is 12.0. The second kappa shape index (κ2) is 11.8. The lowest BCUT2D eigenvalue weighted by atomic mass is 9.97. The molecule has 0 fully saturated rings. The van der Waals surface area contributed by atoms with Gasteiger partial charge in [-0.15, -0.1) is 0 Å². The van der Waals surface area contributed by atoms with Crippen molar-refractivity contribution in [3.05, 3.63) is 65.7 Å². The molecule has 7 heteroatoms. The molecule has 7 nitrogen and oxygen atoms in total. The van der Waals surface area contributed by atoms with E-state index in [0.29, 0.717) is 35.7 Å². The van der Waals surface area contributed by atoms with Gasteiger partial charge in [-0.1, -0.05) is 38.1 Å². The molecule has 0 saturated heterocycles. The number of methoxy groups -OCH3 is 2. The monoisotopic (exact) mass is 480 g/mol. The van der Waals surface area contributed by atoms with Gasteiger partial charge in [0, 0.05) is 25.1 Å². The minimum absolute atomic E-state index is 0.113. The maximum Gasteiger partial charge on any atom is 0.258 e. The number of rotatable bonds is 4. The molecule has 35 heavy (non-hydrogen) atoms. The van der Waals surface area contributed by atoms with Crippen molar-refractivity contribution in [2.75, 3.05) is 21.3 Å². The van der Waals surface area contributed by atoms with Crippen LogP contribution in [0.3, 0.4) is 0 Å². The van der Waals surface area contributed by atoms with Crippen molar-refractivity contribution in [2.45, 2.75) is 51.8 Å². The Hall–Kier alpha value is -3.48. The Morgan fingerprint density at radius 1 is 1.03 bits per heavy atom. The highest BCUT2D eigenvalue weighted by molar-refractivity contribution is 5.99. The van der Waals surface area contributed by atoms with E-state index < -0.39 is 6.04 Å². The maximum absolute atomic E-state index is 13.6. The van der Waals surface area contributed by atoms with Gasteiger partial charge >= 0.3 is 0 Å². The summed E-state index contributed by atoms with van der Waals surface area (Å²) < 4.78 is 17.1. The summed E-state index contributed by atoms with van der Waals surface area (Å²) in [5.41, 5.74) is 1.28. The van der Waals surface area contributed by atoms with Crippen molar-refractivity contribution in [3.63, 3.8) is 0 Å². The van der Waals surface area contributed by atoms with Crippen molar-refractivity contribution < 1.29 is 23.8 Å². The molecule has 1 aliphatic heterocycles. The zero-order valence-corrected chi connectivity index (χ0v) is 21.4. The molecule has 1 heterocycles. The molecule has 1 aliphatic rings. The molecule has 0 aromatic heterocycles. The number of carbonyl (C=O) groups excluding carboxylic acids is 2. The fourth-order valence-electron chi connectivity index (χ4n) is 4.40. The van der Waals surface area contributed by atoms with Gasteiger partial charge in [0.25, 0.3) is 5.91 Å². The number of benzene rings is 2. The van der Waals surface area contributed by atoms with Gasteiger partial charge in [-0.05, 0) is 43.5 Å². The van der Waals surface area contributed by atoms with E-state index in [2.05, 4.69) is 5.32 Å². The summed E-state index contributed by atoms with van der Waals surface area (Å²) in [6.07, 6.45) is 5.18. The number of hydrogen-bond acceptors (Lipinski definition) is 5. The van der Waals surface area contributed by atoms with E-state index in [0.717, 1.165) is 5.56 Å². The van der Waals surface area contributed by atoms with Gasteiger partial charge < -0.3 is 24.4 Å².